The van der Waals surface area contributed by atoms with Crippen molar-refractivity contribution in [2.75, 3.05) is 0 Å². The fraction of sp³-hybridized carbons (Fsp3) is 0.400. The van der Waals surface area contributed by atoms with Crippen molar-refractivity contribution in [1.82, 2.24) is 44.9 Å². The number of hydrogen-bond acceptors (Lipinski definition) is 9. The number of nitrogens with zero attached hydrogens (tertiary/aromatic N) is 9. The van der Waals surface area contributed by atoms with Crippen LogP contribution >= 0.6 is 0 Å². The second-order valence-electron chi connectivity index (χ2n) is 5.79. The van der Waals surface area contributed by atoms with Crippen LogP contribution in [0.2, 0.25) is 0 Å². The van der Waals surface area contributed by atoms with Crippen molar-refractivity contribution in [2.24, 2.45) is 0 Å². The van der Waals surface area contributed by atoms with Gasteiger partial charge in [-0.3, -0.25) is 0 Å². The SMILES string of the molecule is c1ncnc(C2CC(c3ncncn3)CC(c3ncncn3)C2)n1. The summed E-state index contributed by atoms with van der Waals surface area (Å²) in [5, 5.41) is 0. The standard InChI is InChI=1S/C15H15N9/c1-10(13-19-4-16-5-20-13)2-12(15-23-8-18-9-24-15)3-11(1)14-21-6-17-7-22-14/h4-12H,1-3H2. The van der Waals surface area contributed by atoms with E-state index < -0.39 is 0 Å². The molecule has 1 aliphatic rings. The number of hydrogen-bond donors (Lipinski definition) is 0. The zero-order valence-corrected chi connectivity index (χ0v) is 12.8. The van der Waals surface area contributed by atoms with E-state index in [-0.39, 0.29) is 17.8 Å². The molecule has 0 unspecified atom stereocenters. The van der Waals surface area contributed by atoms with Gasteiger partial charge in [-0.2, -0.15) is 0 Å². The summed E-state index contributed by atoms with van der Waals surface area (Å²) < 4.78 is 0. The predicted molar refractivity (Wildman–Crippen MR) is 81.6 cm³/mol. The third-order valence-corrected chi connectivity index (χ3v) is 4.34. The molecule has 1 fully saturated rings. The van der Waals surface area contributed by atoms with Crippen molar-refractivity contribution < 1.29 is 0 Å². The fourth-order valence-corrected chi connectivity index (χ4v) is 3.33. The summed E-state index contributed by atoms with van der Waals surface area (Å²) in [5.74, 6) is 2.94. The summed E-state index contributed by atoms with van der Waals surface area (Å²) in [6.45, 7) is 0. The molecule has 0 saturated heterocycles. The summed E-state index contributed by atoms with van der Waals surface area (Å²) in [7, 11) is 0. The first-order valence-corrected chi connectivity index (χ1v) is 7.76. The Labute approximate surface area is 138 Å². The van der Waals surface area contributed by atoms with E-state index in [0.717, 1.165) is 36.7 Å². The van der Waals surface area contributed by atoms with Crippen LogP contribution in [-0.2, 0) is 0 Å². The van der Waals surface area contributed by atoms with Gasteiger partial charge in [-0.25, -0.2) is 44.9 Å². The smallest absolute Gasteiger partial charge is 0.135 e. The molecule has 3 aromatic rings. The van der Waals surface area contributed by atoms with Gasteiger partial charge in [0, 0.05) is 17.8 Å². The lowest BCUT2D eigenvalue weighted by atomic mass is 9.74. The first-order chi connectivity index (χ1) is 11.9. The second kappa shape index (κ2) is 6.65. The lowest BCUT2D eigenvalue weighted by Crippen LogP contribution is -2.23. The largest absolute Gasteiger partial charge is 0.225 e. The molecule has 0 N–H and O–H groups in total. The van der Waals surface area contributed by atoms with Crippen molar-refractivity contribution in [3.63, 3.8) is 0 Å². The van der Waals surface area contributed by atoms with Gasteiger partial charge in [0.25, 0.3) is 0 Å². The first-order valence-electron chi connectivity index (χ1n) is 7.76. The molecule has 3 aromatic heterocycles. The second-order valence-corrected chi connectivity index (χ2v) is 5.79. The third-order valence-electron chi connectivity index (χ3n) is 4.34. The van der Waals surface area contributed by atoms with E-state index >= 15 is 0 Å². The maximum Gasteiger partial charge on any atom is 0.135 e. The van der Waals surface area contributed by atoms with Gasteiger partial charge in [-0.1, -0.05) is 0 Å². The molecule has 0 radical (unpaired) electrons. The van der Waals surface area contributed by atoms with Crippen molar-refractivity contribution in [3.8, 4) is 0 Å². The normalized spacial score (nSPS) is 23.8. The van der Waals surface area contributed by atoms with Crippen molar-refractivity contribution in [2.45, 2.75) is 37.0 Å². The Balaban J connectivity index is 1.66. The average Bonchev–Trinajstić information content (AvgIpc) is 2.70. The first kappa shape index (κ1) is 14.6. The third kappa shape index (κ3) is 3.05. The van der Waals surface area contributed by atoms with Crippen LogP contribution in [0.1, 0.15) is 54.5 Å². The zero-order chi connectivity index (χ0) is 16.2. The van der Waals surface area contributed by atoms with Crippen molar-refractivity contribution in [1.29, 1.82) is 0 Å². The van der Waals surface area contributed by atoms with E-state index in [1.807, 2.05) is 0 Å². The molecular formula is C15H15N9. The average molecular weight is 321 g/mol. The van der Waals surface area contributed by atoms with E-state index in [2.05, 4.69) is 44.9 Å². The van der Waals surface area contributed by atoms with E-state index in [1.165, 1.54) is 38.0 Å². The highest BCUT2D eigenvalue weighted by Crippen LogP contribution is 2.45. The van der Waals surface area contributed by atoms with Crippen molar-refractivity contribution >= 4 is 0 Å². The highest BCUT2D eigenvalue weighted by molar-refractivity contribution is 5.11. The highest BCUT2D eigenvalue weighted by atomic mass is 15.0. The molecule has 0 bridgehead atoms. The van der Waals surface area contributed by atoms with Gasteiger partial charge in [-0.05, 0) is 19.3 Å². The summed E-state index contributed by atoms with van der Waals surface area (Å²) >= 11 is 0. The Morgan fingerprint density at radius 2 is 0.708 bits per heavy atom. The van der Waals surface area contributed by atoms with Crippen molar-refractivity contribution in [3.05, 3.63) is 55.4 Å². The van der Waals surface area contributed by atoms with Gasteiger partial charge in [0.05, 0.1) is 0 Å². The Morgan fingerprint density at radius 1 is 0.458 bits per heavy atom. The summed E-state index contributed by atoms with van der Waals surface area (Å²) in [4.78, 5) is 37.7. The van der Waals surface area contributed by atoms with Gasteiger partial charge >= 0.3 is 0 Å². The number of aromatic nitrogens is 9. The van der Waals surface area contributed by atoms with E-state index in [4.69, 9.17) is 0 Å². The van der Waals surface area contributed by atoms with Crippen LogP contribution in [0.25, 0.3) is 0 Å². The fourth-order valence-electron chi connectivity index (χ4n) is 3.33. The molecule has 24 heavy (non-hydrogen) atoms. The Bertz CT molecular complexity index is 655. The molecule has 4 rings (SSSR count). The summed E-state index contributed by atoms with van der Waals surface area (Å²) in [5.41, 5.74) is 0. The zero-order valence-electron chi connectivity index (χ0n) is 12.8. The van der Waals surface area contributed by atoms with Gasteiger partial charge in [-0.15, -0.1) is 0 Å². The van der Waals surface area contributed by atoms with Gasteiger partial charge in [0.15, 0.2) is 0 Å². The Kier molecular flexibility index (Phi) is 4.05. The molecule has 3 heterocycles. The molecule has 1 aliphatic carbocycles. The minimum absolute atomic E-state index is 0.185. The molecule has 0 spiro atoms. The monoisotopic (exact) mass is 321 g/mol. The van der Waals surface area contributed by atoms with Crippen LogP contribution in [0.15, 0.2) is 38.0 Å². The molecule has 120 valence electrons. The lowest BCUT2D eigenvalue weighted by Gasteiger charge is -2.32. The molecule has 0 atom stereocenters. The molecule has 0 aliphatic heterocycles. The predicted octanol–water partition coefficient (Wildman–Crippen LogP) is 1.08. The lowest BCUT2D eigenvalue weighted by molar-refractivity contribution is 0.324. The van der Waals surface area contributed by atoms with E-state index in [1.54, 1.807) is 0 Å². The van der Waals surface area contributed by atoms with E-state index in [9.17, 15) is 0 Å². The van der Waals surface area contributed by atoms with Crippen LogP contribution in [0.4, 0.5) is 0 Å². The molecule has 9 nitrogen and oxygen atoms in total. The van der Waals surface area contributed by atoms with Gasteiger partial charge < -0.3 is 0 Å². The maximum absolute atomic E-state index is 4.33. The molecule has 0 amide bonds. The maximum atomic E-state index is 4.33. The van der Waals surface area contributed by atoms with Crippen LogP contribution in [0, 0.1) is 0 Å². The minimum atomic E-state index is 0.185. The summed E-state index contributed by atoms with van der Waals surface area (Å²) in [6.07, 6.45) is 11.9. The molecule has 1 saturated carbocycles. The Morgan fingerprint density at radius 3 is 0.958 bits per heavy atom. The number of rotatable bonds is 3. The van der Waals surface area contributed by atoms with Gasteiger partial charge in [0.2, 0.25) is 0 Å². The molecular weight excluding hydrogens is 306 g/mol. The summed E-state index contributed by atoms with van der Waals surface area (Å²) in [6, 6.07) is 0. The molecule has 9 heteroatoms. The minimum Gasteiger partial charge on any atom is -0.225 e. The van der Waals surface area contributed by atoms with Crippen LogP contribution < -0.4 is 0 Å². The quantitative estimate of drug-likeness (QED) is 0.698. The van der Waals surface area contributed by atoms with Crippen LogP contribution in [0.5, 0.6) is 0 Å². The molecule has 0 aromatic carbocycles. The van der Waals surface area contributed by atoms with E-state index in [0.29, 0.717) is 0 Å². The topological polar surface area (TPSA) is 116 Å². The van der Waals surface area contributed by atoms with Crippen LogP contribution in [-0.4, -0.2) is 44.9 Å². The van der Waals surface area contributed by atoms with Crippen LogP contribution in [0.3, 0.4) is 0 Å². The highest BCUT2D eigenvalue weighted by Gasteiger charge is 2.35. The van der Waals surface area contributed by atoms with Gasteiger partial charge in [0.1, 0.15) is 55.4 Å². The Hall–Kier alpha value is -2.97.